The van der Waals surface area contributed by atoms with Crippen LogP contribution in [0.4, 0.5) is 4.39 Å². The second-order valence-electron chi connectivity index (χ2n) is 8.93. The summed E-state index contributed by atoms with van der Waals surface area (Å²) in [7, 11) is 0. The fourth-order valence-corrected chi connectivity index (χ4v) is 5.91. The molecule has 2 N–H and O–H groups in total. The van der Waals surface area contributed by atoms with Gasteiger partial charge in [-0.05, 0) is 24.6 Å². The Kier molecular flexibility index (Phi) is 3.63. The zero-order valence-electron chi connectivity index (χ0n) is 16.7. The van der Waals surface area contributed by atoms with E-state index in [4.69, 9.17) is 4.74 Å². The molecule has 5 aliphatic rings. The summed E-state index contributed by atoms with van der Waals surface area (Å²) in [5.41, 5.74) is -0.496. The summed E-state index contributed by atoms with van der Waals surface area (Å²) in [4.78, 5) is 38.9. The molecule has 160 valence electrons. The van der Waals surface area contributed by atoms with Crippen LogP contribution in [0.15, 0.2) is 35.3 Å². The molecule has 1 saturated carbocycles. The number of quaternary nitrogens is 1. The summed E-state index contributed by atoms with van der Waals surface area (Å²) in [6, 6.07) is 5.60. The van der Waals surface area contributed by atoms with Crippen molar-refractivity contribution in [2.75, 3.05) is 0 Å². The van der Waals surface area contributed by atoms with Crippen molar-refractivity contribution in [1.82, 2.24) is 9.88 Å². The Hall–Kier alpha value is -3.04. The lowest BCUT2D eigenvalue weighted by atomic mass is 10.1. The van der Waals surface area contributed by atoms with Crippen LogP contribution in [-0.4, -0.2) is 50.4 Å². The molecule has 2 aromatic rings. The maximum Gasteiger partial charge on any atom is 0.369 e. The van der Waals surface area contributed by atoms with Crippen LogP contribution in [0.25, 0.3) is 0 Å². The smallest absolute Gasteiger partial charge is 0.369 e. The van der Waals surface area contributed by atoms with Crippen LogP contribution in [0.2, 0.25) is 0 Å². The molecule has 3 saturated heterocycles. The van der Waals surface area contributed by atoms with Crippen molar-refractivity contribution in [2.45, 2.75) is 56.8 Å². The Labute approximate surface area is 176 Å². The first-order chi connectivity index (χ1) is 14.8. The number of aromatic hydroxyl groups is 1. The van der Waals surface area contributed by atoms with Gasteiger partial charge in [-0.25, -0.2) is 13.7 Å². The molecule has 8 nitrogen and oxygen atoms in total. The van der Waals surface area contributed by atoms with Crippen LogP contribution in [-0.2, 0) is 11.3 Å². The quantitative estimate of drug-likeness (QED) is 0.572. The third-order valence-electron chi connectivity index (χ3n) is 7.41. The zero-order chi connectivity index (χ0) is 21.7. The third kappa shape index (κ3) is 2.33. The van der Waals surface area contributed by atoms with Gasteiger partial charge in [0.2, 0.25) is 11.7 Å². The molecule has 1 aromatic carbocycles. The number of rotatable bonds is 3. The topological polar surface area (TPSA) is 97.6 Å². The number of benzene rings is 1. The third-order valence-corrected chi connectivity index (χ3v) is 7.41. The molecule has 0 radical (unpaired) electrons. The number of pyridine rings is 1. The van der Waals surface area contributed by atoms with E-state index in [1.165, 1.54) is 22.9 Å². The number of piperidine rings is 1. The van der Waals surface area contributed by atoms with Gasteiger partial charge >= 0.3 is 5.91 Å². The van der Waals surface area contributed by atoms with E-state index >= 15 is 0 Å². The number of amides is 2. The van der Waals surface area contributed by atoms with E-state index < -0.39 is 23.1 Å². The van der Waals surface area contributed by atoms with Crippen LogP contribution < -0.4 is 10.7 Å². The summed E-state index contributed by atoms with van der Waals surface area (Å²) in [6.07, 6.45) is 2.80. The fraction of sp³-hybridized carbons (Fsp3) is 0.409. The lowest BCUT2D eigenvalue weighted by Gasteiger charge is -2.42. The van der Waals surface area contributed by atoms with Crippen molar-refractivity contribution in [2.24, 2.45) is 0 Å². The summed E-state index contributed by atoms with van der Waals surface area (Å²) in [6.45, 7) is 2.01. The highest BCUT2D eigenvalue weighted by molar-refractivity contribution is 5.97. The van der Waals surface area contributed by atoms with Crippen LogP contribution in [0, 0.1) is 5.82 Å². The van der Waals surface area contributed by atoms with Crippen LogP contribution in [0.5, 0.6) is 5.75 Å². The minimum absolute atomic E-state index is 0.0409. The largest absolute Gasteiger partial charge is 0.502 e. The number of ether oxygens (including phenoxy) is 1. The molecule has 1 aromatic heterocycles. The highest BCUT2D eigenvalue weighted by Crippen LogP contribution is 2.61. The lowest BCUT2D eigenvalue weighted by Crippen LogP contribution is -2.61. The van der Waals surface area contributed by atoms with E-state index in [0.717, 1.165) is 12.8 Å². The molecular weight excluding hydrogens is 405 g/mol. The van der Waals surface area contributed by atoms with Gasteiger partial charge in [0.1, 0.15) is 17.9 Å². The molecule has 5 heterocycles. The molecule has 4 bridgehead atoms. The molecule has 4 fully saturated rings. The molecule has 1 aliphatic carbocycles. The normalized spacial score (nSPS) is 32.8. The predicted molar refractivity (Wildman–Crippen MR) is 105 cm³/mol. The molecule has 3 unspecified atom stereocenters. The second-order valence-corrected chi connectivity index (χ2v) is 8.93. The number of nitrogens with one attached hydrogen (secondary N) is 1. The van der Waals surface area contributed by atoms with Gasteiger partial charge in [-0.3, -0.25) is 9.59 Å². The maximum absolute atomic E-state index is 13.3. The highest BCUT2D eigenvalue weighted by atomic mass is 19.1. The van der Waals surface area contributed by atoms with Crippen molar-refractivity contribution in [3.05, 3.63) is 63.3 Å². The molecule has 6 atom stereocenters. The highest BCUT2D eigenvalue weighted by Gasteiger charge is 2.83. The van der Waals surface area contributed by atoms with E-state index in [0.29, 0.717) is 12.1 Å². The SMILES string of the molecule is C[C@@H](NC(=O)c1cn2c(c(O)c1=O)C(=O)[N+]13C4CC(C[C@H]41)O[C@@H]3C2)c1ccc(F)cc1. The number of nitrogens with zero attached hydrogens (tertiary/aromatic N) is 2. The Bertz CT molecular complexity index is 1190. The minimum atomic E-state index is -0.872. The van der Waals surface area contributed by atoms with Crippen molar-refractivity contribution in [3.8, 4) is 5.75 Å². The summed E-state index contributed by atoms with van der Waals surface area (Å²) >= 11 is 0. The number of halogens is 1. The Morgan fingerprint density at radius 1 is 1.26 bits per heavy atom. The standard InChI is InChI=1S/C22H20FN3O5/c1-10(11-2-4-12(23)5-3-11)24-21(29)14-8-25-9-17-26(15-6-13(31-17)7-16(15)26)22(30)18(25)20(28)19(14)27/h2-5,8,10,13,15-17H,6-7,9H2,1H3,(H-,24,28,29,30)/p+1/t10-,13?,15-,16?,17-,26?/m1/s1. The number of hydrogen-bond acceptors (Lipinski definition) is 5. The summed E-state index contributed by atoms with van der Waals surface area (Å²) < 4.78 is 20.9. The van der Waals surface area contributed by atoms with E-state index in [9.17, 15) is 23.9 Å². The summed E-state index contributed by atoms with van der Waals surface area (Å²) in [5, 5.41) is 13.3. The number of fused-ring (bicyclic) bond motifs is 1. The van der Waals surface area contributed by atoms with Crippen LogP contribution in [0.3, 0.4) is 0 Å². The van der Waals surface area contributed by atoms with Gasteiger partial charge in [0.05, 0.1) is 12.1 Å². The van der Waals surface area contributed by atoms with E-state index in [1.807, 2.05) is 0 Å². The van der Waals surface area contributed by atoms with E-state index in [2.05, 4.69) is 5.32 Å². The number of hydrogen-bond donors (Lipinski definition) is 2. The Balaban J connectivity index is 1.33. The first-order valence-corrected chi connectivity index (χ1v) is 10.4. The second kappa shape index (κ2) is 6.02. The van der Waals surface area contributed by atoms with Gasteiger partial charge in [-0.1, -0.05) is 12.1 Å². The maximum atomic E-state index is 13.3. The van der Waals surface area contributed by atoms with E-state index in [-0.39, 0.29) is 51.9 Å². The number of aromatic nitrogens is 1. The zero-order valence-corrected chi connectivity index (χ0v) is 16.7. The average Bonchev–Trinajstić information content (AvgIpc) is 3.22. The van der Waals surface area contributed by atoms with E-state index in [1.54, 1.807) is 19.1 Å². The Morgan fingerprint density at radius 3 is 2.61 bits per heavy atom. The van der Waals surface area contributed by atoms with Gasteiger partial charge in [0, 0.05) is 19.0 Å². The van der Waals surface area contributed by atoms with Gasteiger partial charge in [0.25, 0.3) is 5.91 Å². The number of carbonyl (C=O) groups excluding carboxylic acids is 2. The molecule has 2 amide bonds. The van der Waals surface area contributed by atoms with Gasteiger partial charge in [-0.2, -0.15) is 0 Å². The molecule has 4 aliphatic heterocycles. The van der Waals surface area contributed by atoms with Crippen molar-refractivity contribution in [1.29, 1.82) is 0 Å². The van der Waals surface area contributed by atoms with Crippen molar-refractivity contribution < 1.29 is 28.3 Å². The Morgan fingerprint density at radius 2 is 1.94 bits per heavy atom. The first-order valence-electron chi connectivity index (χ1n) is 10.4. The van der Waals surface area contributed by atoms with Gasteiger partial charge < -0.3 is 19.7 Å². The molecule has 7 rings (SSSR count). The first kappa shape index (κ1) is 18.7. The molecule has 1 spiro atoms. The van der Waals surface area contributed by atoms with Crippen LogP contribution in [0.1, 0.15) is 52.2 Å². The van der Waals surface area contributed by atoms with Gasteiger partial charge in [0.15, 0.2) is 23.5 Å². The van der Waals surface area contributed by atoms with Crippen LogP contribution >= 0.6 is 0 Å². The van der Waals surface area contributed by atoms with Crippen molar-refractivity contribution >= 4 is 11.8 Å². The molecular formula is C22H21FN3O5+. The predicted octanol–water partition coefficient (Wildman–Crippen LogP) is 1.42. The summed E-state index contributed by atoms with van der Waals surface area (Å²) in [5.74, 6) is -2.05. The lowest BCUT2D eigenvalue weighted by molar-refractivity contribution is -0.827. The molecule has 31 heavy (non-hydrogen) atoms. The minimum Gasteiger partial charge on any atom is -0.502 e. The fourth-order valence-electron chi connectivity index (χ4n) is 5.91. The van der Waals surface area contributed by atoms with Crippen molar-refractivity contribution in [3.63, 3.8) is 0 Å². The molecule has 9 heteroatoms. The van der Waals surface area contributed by atoms with Gasteiger partial charge in [-0.15, -0.1) is 0 Å². The monoisotopic (exact) mass is 426 g/mol. The number of carbonyl (C=O) groups is 2. The average molecular weight is 426 g/mol.